The summed E-state index contributed by atoms with van der Waals surface area (Å²) in [6.45, 7) is 0.0485. The van der Waals surface area contributed by atoms with Crippen molar-refractivity contribution in [1.82, 2.24) is 4.90 Å². The molecule has 0 aromatic heterocycles. The van der Waals surface area contributed by atoms with Gasteiger partial charge in [0.2, 0.25) is 0 Å². The van der Waals surface area contributed by atoms with Crippen molar-refractivity contribution >= 4 is 18.1 Å². The number of amides is 2. The van der Waals surface area contributed by atoms with Crippen LogP contribution in [-0.2, 0) is 16.0 Å². The first-order valence-corrected chi connectivity index (χ1v) is 7.82. The van der Waals surface area contributed by atoms with Gasteiger partial charge in [-0.2, -0.15) is 0 Å². The molecule has 0 radical (unpaired) electrons. The Bertz CT molecular complexity index is 868. The first kappa shape index (κ1) is 17.7. The van der Waals surface area contributed by atoms with Crippen LogP contribution in [0.1, 0.15) is 11.1 Å². The van der Waals surface area contributed by atoms with Crippen LogP contribution in [0.15, 0.2) is 48.5 Å². The van der Waals surface area contributed by atoms with E-state index < -0.39 is 35.5 Å². The van der Waals surface area contributed by atoms with Crippen LogP contribution in [0.4, 0.5) is 18.0 Å². The van der Waals surface area contributed by atoms with Gasteiger partial charge in [0.25, 0.3) is 5.91 Å². The van der Waals surface area contributed by atoms with Gasteiger partial charge in [-0.1, -0.05) is 30.3 Å². The van der Waals surface area contributed by atoms with Crippen molar-refractivity contribution in [3.05, 3.63) is 77.1 Å². The normalized spacial score (nSPS) is 17.0. The van der Waals surface area contributed by atoms with E-state index in [0.717, 1.165) is 22.6 Å². The van der Waals surface area contributed by atoms with Gasteiger partial charge in [-0.3, -0.25) is 4.79 Å². The number of halogens is 3. The quantitative estimate of drug-likeness (QED) is 0.616. The summed E-state index contributed by atoms with van der Waals surface area (Å²) in [4.78, 5) is 25.1. The third kappa shape index (κ3) is 3.77. The smallest absolute Gasteiger partial charge is 0.417 e. The van der Waals surface area contributed by atoms with Crippen LogP contribution in [0.5, 0.6) is 0 Å². The number of hydrogen-bond donors (Lipinski definition) is 0. The Kier molecular flexibility index (Phi) is 5.06. The number of cyclic esters (lactones) is 1. The fourth-order valence-corrected chi connectivity index (χ4v) is 2.67. The number of carbonyl (C=O) groups excluding carboxylic acids is 2. The molecule has 134 valence electrons. The van der Waals surface area contributed by atoms with Gasteiger partial charge in [0.1, 0.15) is 12.4 Å². The monoisotopic (exact) mass is 361 g/mol. The summed E-state index contributed by atoms with van der Waals surface area (Å²) >= 11 is 0. The third-order valence-electron chi connectivity index (χ3n) is 3.96. The van der Waals surface area contributed by atoms with E-state index in [9.17, 15) is 22.8 Å². The fraction of sp³-hybridized carbons (Fsp3) is 0.158. The molecule has 0 saturated carbocycles. The third-order valence-corrected chi connectivity index (χ3v) is 3.96. The predicted molar refractivity (Wildman–Crippen MR) is 87.5 cm³/mol. The Hall–Kier alpha value is -3.09. The Labute approximate surface area is 147 Å². The molecule has 7 heteroatoms. The molecule has 1 aliphatic rings. The zero-order chi connectivity index (χ0) is 18.7. The summed E-state index contributed by atoms with van der Waals surface area (Å²) in [6.07, 6.45) is 1.53. The van der Waals surface area contributed by atoms with E-state index in [1.54, 1.807) is 0 Å². The average Bonchev–Trinajstić information content (AvgIpc) is 2.98. The lowest BCUT2D eigenvalue weighted by atomic mass is 10.1. The zero-order valence-corrected chi connectivity index (χ0v) is 13.5. The number of hydrogen-bond acceptors (Lipinski definition) is 3. The molecule has 0 bridgehead atoms. The minimum Gasteiger partial charge on any atom is -0.447 e. The highest BCUT2D eigenvalue weighted by atomic mass is 19.2. The largest absolute Gasteiger partial charge is 0.447 e. The number of imide groups is 1. The fourth-order valence-electron chi connectivity index (χ4n) is 2.67. The lowest BCUT2D eigenvalue weighted by molar-refractivity contribution is -0.124. The molecule has 2 amide bonds. The van der Waals surface area contributed by atoms with Crippen molar-refractivity contribution in [2.24, 2.45) is 0 Å². The summed E-state index contributed by atoms with van der Waals surface area (Å²) in [5.41, 5.74) is 0.619. The molecular formula is C19H14F3NO3. The average molecular weight is 361 g/mol. The number of ether oxygens (including phenoxy) is 1. The molecule has 0 spiro atoms. The summed E-state index contributed by atoms with van der Waals surface area (Å²) < 4.78 is 44.7. The van der Waals surface area contributed by atoms with Gasteiger partial charge >= 0.3 is 6.09 Å². The maximum absolute atomic E-state index is 13.6. The molecule has 0 aliphatic carbocycles. The molecule has 1 aliphatic heterocycles. The van der Waals surface area contributed by atoms with Crippen LogP contribution >= 0.6 is 0 Å². The van der Waals surface area contributed by atoms with E-state index in [1.807, 2.05) is 30.3 Å². The van der Waals surface area contributed by atoms with Crippen molar-refractivity contribution in [2.45, 2.75) is 12.5 Å². The molecule has 1 heterocycles. The molecule has 26 heavy (non-hydrogen) atoms. The summed E-state index contributed by atoms with van der Waals surface area (Å²) in [6, 6.07) is 9.77. The Balaban J connectivity index is 1.77. The SMILES string of the molecule is O=C(/C=C/c1cc(F)c(F)cc1F)N1C(=O)OC[C@@H]1Cc1ccccc1. The minimum atomic E-state index is -1.32. The van der Waals surface area contributed by atoms with Crippen LogP contribution in [0, 0.1) is 17.5 Å². The lowest BCUT2D eigenvalue weighted by Crippen LogP contribution is -2.39. The number of rotatable bonds is 4. The van der Waals surface area contributed by atoms with E-state index in [4.69, 9.17) is 4.74 Å². The molecule has 1 fully saturated rings. The second-order valence-corrected chi connectivity index (χ2v) is 5.75. The van der Waals surface area contributed by atoms with Crippen molar-refractivity contribution in [3.8, 4) is 0 Å². The predicted octanol–water partition coefficient (Wildman–Crippen LogP) is 3.71. The molecule has 0 N–H and O–H groups in total. The van der Waals surface area contributed by atoms with E-state index in [2.05, 4.69) is 0 Å². The van der Waals surface area contributed by atoms with E-state index in [0.29, 0.717) is 18.6 Å². The van der Waals surface area contributed by atoms with Crippen LogP contribution in [0.2, 0.25) is 0 Å². The summed E-state index contributed by atoms with van der Waals surface area (Å²) in [7, 11) is 0. The summed E-state index contributed by atoms with van der Waals surface area (Å²) in [5.74, 6) is -4.30. The first-order chi connectivity index (χ1) is 12.5. The molecule has 1 atom stereocenters. The maximum Gasteiger partial charge on any atom is 0.417 e. The molecule has 2 aromatic carbocycles. The molecular weight excluding hydrogens is 347 g/mol. The number of nitrogens with zero attached hydrogens (tertiary/aromatic N) is 1. The molecule has 1 saturated heterocycles. The van der Waals surface area contributed by atoms with E-state index in [1.165, 1.54) is 0 Å². The second-order valence-electron chi connectivity index (χ2n) is 5.75. The Morgan fingerprint density at radius 1 is 1.12 bits per heavy atom. The van der Waals surface area contributed by atoms with Crippen LogP contribution in [0.25, 0.3) is 6.08 Å². The second kappa shape index (κ2) is 7.43. The van der Waals surface area contributed by atoms with Gasteiger partial charge in [0, 0.05) is 17.7 Å². The number of carbonyl (C=O) groups is 2. The first-order valence-electron chi connectivity index (χ1n) is 7.82. The zero-order valence-electron chi connectivity index (χ0n) is 13.5. The van der Waals surface area contributed by atoms with Gasteiger partial charge < -0.3 is 4.74 Å². The molecule has 0 unspecified atom stereocenters. The van der Waals surface area contributed by atoms with Gasteiger partial charge in [0.15, 0.2) is 11.6 Å². The van der Waals surface area contributed by atoms with Gasteiger partial charge in [-0.25, -0.2) is 22.9 Å². The minimum absolute atomic E-state index is 0.0485. The van der Waals surface area contributed by atoms with E-state index in [-0.39, 0.29) is 12.2 Å². The van der Waals surface area contributed by atoms with Gasteiger partial charge in [0.05, 0.1) is 6.04 Å². The van der Waals surface area contributed by atoms with Crippen LogP contribution in [0.3, 0.4) is 0 Å². The highest BCUT2D eigenvalue weighted by Crippen LogP contribution is 2.19. The number of benzene rings is 2. The Morgan fingerprint density at radius 3 is 2.54 bits per heavy atom. The molecule has 2 aromatic rings. The van der Waals surface area contributed by atoms with Crippen LogP contribution < -0.4 is 0 Å². The standard InChI is InChI=1S/C19H14F3NO3/c20-15-10-17(22)16(21)9-13(15)6-7-18(24)23-14(11-26-19(23)25)8-12-4-2-1-3-5-12/h1-7,9-10,14H,8,11H2/b7-6+/t14-/m0/s1. The van der Waals surface area contributed by atoms with Crippen molar-refractivity contribution in [3.63, 3.8) is 0 Å². The summed E-state index contributed by atoms with van der Waals surface area (Å²) in [5, 5.41) is 0. The van der Waals surface area contributed by atoms with Crippen LogP contribution in [-0.4, -0.2) is 29.5 Å². The Morgan fingerprint density at radius 2 is 1.81 bits per heavy atom. The lowest BCUT2D eigenvalue weighted by Gasteiger charge is -2.18. The highest BCUT2D eigenvalue weighted by molar-refractivity contribution is 6.02. The van der Waals surface area contributed by atoms with Crippen molar-refractivity contribution in [2.75, 3.05) is 6.61 Å². The van der Waals surface area contributed by atoms with Crippen molar-refractivity contribution < 1.29 is 27.5 Å². The maximum atomic E-state index is 13.6. The highest BCUT2D eigenvalue weighted by Gasteiger charge is 2.36. The van der Waals surface area contributed by atoms with Crippen molar-refractivity contribution in [1.29, 1.82) is 0 Å². The van der Waals surface area contributed by atoms with Gasteiger partial charge in [-0.05, 0) is 24.1 Å². The molecule has 4 nitrogen and oxygen atoms in total. The van der Waals surface area contributed by atoms with Gasteiger partial charge in [-0.15, -0.1) is 0 Å². The molecule has 3 rings (SSSR count). The van der Waals surface area contributed by atoms with E-state index >= 15 is 0 Å². The topological polar surface area (TPSA) is 46.6 Å².